The van der Waals surface area contributed by atoms with Gasteiger partial charge in [0, 0.05) is 25.9 Å². The summed E-state index contributed by atoms with van der Waals surface area (Å²) in [5.41, 5.74) is 5.19. The Morgan fingerprint density at radius 2 is 2.03 bits per heavy atom. The first-order chi connectivity index (χ1) is 14.5. The van der Waals surface area contributed by atoms with Crippen LogP contribution in [0.2, 0.25) is 0 Å². The summed E-state index contributed by atoms with van der Waals surface area (Å²) in [7, 11) is 0. The summed E-state index contributed by atoms with van der Waals surface area (Å²) in [5.74, 6) is 1.19. The average molecular weight is 426 g/mol. The van der Waals surface area contributed by atoms with Crippen molar-refractivity contribution in [3.8, 4) is 0 Å². The number of hydrogen-bond donors (Lipinski definition) is 2. The highest BCUT2D eigenvalue weighted by molar-refractivity contribution is 7.12. The summed E-state index contributed by atoms with van der Waals surface area (Å²) in [6, 6.07) is 12.1. The van der Waals surface area contributed by atoms with Crippen molar-refractivity contribution in [3.05, 3.63) is 52.2 Å². The number of nitrogens with zero attached hydrogens (tertiary/aromatic N) is 3. The predicted octanol–water partition coefficient (Wildman–Crippen LogP) is 3.01. The lowest BCUT2D eigenvalue weighted by Crippen LogP contribution is -2.59. The lowest BCUT2D eigenvalue weighted by molar-refractivity contribution is -0.120. The molecule has 1 aromatic carbocycles. The molecule has 0 radical (unpaired) electrons. The van der Waals surface area contributed by atoms with Crippen molar-refractivity contribution >= 4 is 34.7 Å². The summed E-state index contributed by atoms with van der Waals surface area (Å²) in [4.78, 5) is 29.9. The number of amides is 2. The van der Waals surface area contributed by atoms with E-state index >= 15 is 0 Å². The van der Waals surface area contributed by atoms with E-state index in [1.54, 1.807) is 0 Å². The Labute approximate surface area is 180 Å². The Balaban J connectivity index is 1.36. The molecular formula is C22H27N5O2S. The number of rotatable bonds is 8. The molecule has 0 saturated heterocycles. The highest BCUT2D eigenvalue weighted by atomic mass is 32.1. The second-order valence-corrected chi connectivity index (χ2v) is 8.89. The van der Waals surface area contributed by atoms with Gasteiger partial charge in [0.1, 0.15) is 10.7 Å². The number of anilines is 1. The third-order valence-electron chi connectivity index (χ3n) is 5.20. The van der Waals surface area contributed by atoms with E-state index in [0.29, 0.717) is 31.8 Å². The number of hydrazone groups is 1. The molecule has 0 bridgehead atoms. The molecule has 0 aliphatic carbocycles. The quantitative estimate of drug-likeness (QED) is 0.682. The second kappa shape index (κ2) is 8.87. The van der Waals surface area contributed by atoms with Crippen molar-refractivity contribution in [2.45, 2.75) is 39.4 Å². The molecule has 2 aliphatic heterocycles. The van der Waals surface area contributed by atoms with Gasteiger partial charge in [-0.1, -0.05) is 44.2 Å². The molecule has 8 heteroatoms. The summed E-state index contributed by atoms with van der Waals surface area (Å²) >= 11 is 1.45. The van der Waals surface area contributed by atoms with Gasteiger partial charge in [-0.2, -0.15) is 5.10 Å². The summed E-state index contributed by atoms with van der Waals surface area (Å²) in [6.45, 7) is 5.45. The van der Waals surface area contributed by atoms with E-state index in [0.717, 1.165) is 22.8 Å². The van der Waals surface area contributed by atoms with Crippen LogP contribution in [-0.2, 0) is 11.2 Å². The van der Waals surface area contributed by atoms with Gasteiger partial charge in [-0.25, -0.2) is 0 Å². The van der Waals surface area contributed by atoms with Gasteiger partial charge in [0.15, 0.2) is 0 Å². The minimum Gasteiger partial charge on any atom is -0.356 e. The zero-order valence-electron chi connectivity index (χ0n) is 17.3. The number of thiophene rings is 1. The summed E-state index contributed by atoms with van der Waals surface area (Å²) in [5, 5.41) is 9.40. The van der Waals surface area contributed by atoms with Gasteiger partial charge in [0.05, 0.1) is 5.69 Å². The zero-order valence-corrected chi connectivity index (χ0v) is 18.1. The van der Waals surface area contributed by atoms with E-state index in [4.69, 9.17) is 0 Å². The van der Waals surface area contributed by atoms with Crippen molar-refractivity contribution in [3.63, 3.8) is 0 Å². The fourth-order valence-corrected chi connectivity index (χ4v) is 4.65. The van der Waals surface area contributed by atoms with Crippen molar-refractivity contribution < 1.29 is 9.59 Å². The van der Waals surface area contributed by atoms with Crippen LogP contribution in [0.1, 0.15) is 41.9 Å². The molecule has 1 unspecified atom stereocenters. The molecule has 2 amide bonds. The van der Waals surface area contributed by atoms with Crippen molar-refractivity contribution in [2.75, 3.05) is 18.0 Å². The molecule has 3 heterocycles. The predicted molar refractivity (Wildman–Crippen MR) is 119 cm³/mol. The van der Waals surface area contributed by atoms with Crippen LogP contribution in [0.4, 0.5) is 5.69 Å². The molecule has 30 heavy (non-hydrogen) atoms. The van der Waals surface area contributed by atoms with Crippen molar-refractivity contribution in [1.29, 1.82) is 0 Å². The third-order valence-corrected chi connectivity index (χ3v) is 6.09. The Kier molecular flexibility index (Phi) is 6.03. The SMILES string of the molecule is CC(C)CN1C(=O)c2sccc2N2C(CCC(=O)NCCc3ccccc3)=NNC12. The molecule has 2 N–H and O–H groups in total. The number of fused-ring (bicyclic) bond motifs is 3. The molecule has 2 aromatic rings. The Hall–Kier alpha value is -2.87. The monoisotopic (exact) mass is 425 g/mol. The lowest BCUT2D eigenvalue weighted by atomic mass is 10.1. The smallest absolute Gasteiger partial charge is 0.269 e. The Bertz CT molecular complexity index is 940. The van der Waals surface area contributed by atoms with E-state index in [1.807, 2.05) is 34.5 Å². The van der Waals surface area contributed by atoms with Gasteiger partial charge in [-0.15, -0.1) is 11.3 Å². The Morgan fingerprint density at radius 1 is 1.23 bits per heavy atom. The molecule has 0 saturated carbocycles. The van der Waals surface area contributed by atoms with Gasteiger partial charge in [0.2, 0.25) is 12.2 Å². The van der Waals surface area contributed by atoms with Crippen LogP contribution >= 0.6 is 11.3 Å². The van der Waals surface area contributed by atoms with E-state index in [2.05, 4.69) is 46.7 Å². The number of amidine groups is 1. The van der Waals surface area contributed by atoms with Gasteiger partial charge in [-0.3, -0.25) is 24.8 Å². The van der Waals surface area contributed by atoms with Gasteiger partial charge >= 0.3 is 0 Å². The maximum atomic E-state index is 12.9. The van der Waals surface area contributed by atoms with Gasteiger partial charge < -0.3 is 5.32 Å². The first-order valence-electron chi connectivity index (χ1n) is 10.3. The van der Waals surface area contributed by atoms with Crippen molar-refractivity contribution in [2.24, 2.45) is 11.0 Å². The summed E-state index contributed by atoms with van der Waals surface area (Å²) in [6.07, 6.45) is 1.36. The van der Waals surface area contributed by atoms with Crippen molar-refractivity contribution in [1.82, 2.24) is 15.6 Å². The van der Waals surface area contributed by atoms with Crippen LogP contribution in [0.25, 0.3) is 0 Å². The van der Waals surface area contributed by atoms with Crippen LogP contribution in [0, 0.1) is 5.92 Å². The second-order valence-electron chi connectivity index (χ2n) is 7.97. The first kappa shape index (κ1) is 20.4. The number of hydrogen-bond acceptors (Lipinski definition) is 6. The van der Waals surface area contributed by atoms with Crippen LogP contribution < -0.4 is 15.6 Å². The Morgan fingerprint density at radius 3 is 2.80 bits per heavy atom. The molecule has 4 rings (SSSR count). The first-order valence-corrected chi connectivity index (χ1v) is 11.2. The molecule has 7 nitrogen and oxygen atoms in total. The van der Waals surface area contributed by atoms with Gasteiger partial charge in [0.25, 0.3) is 5.91 Å². The lowest BCUT2D eigenvalue weighted by Gasteiger charge is -2.40. The number of benzene rings is 1. The van der Waals surface area contributed by atoms with Crippen LogP contribution in [0.5, 0.6) is 0 Å². The summed E-state index contributed by atoms with van der Waals surface area (Å²) < 4.78 is 0. The number of carbonyl (C=O) groups excluding carboxylic acids is 2. The molecular weight excluding hydrogens is 398 g/mol. The number of nitrogens with one attached hydrogen (secondary N) is 2. The standard InChI is InChI=1S/C22H27N5O2S/c1-15(2)14-26-21(29)20-17(11-13-30-20)27-18(24-25-22(26)27)8-9-19(28)23-12-10-16-6-4-3-5-7-16/h3-7,11,13,15,22,25H,8-10,12,14H2,1-2H3,(H,23,28). The van der Waals surface area contributed by atoms with Crippen LogP contribution in [0.15, 0.2) is 46.9 Å². The minimum atomic E-state index is -0.321. The van der Waals surface area contributed by atoms with E-state index < -0.39 is 0 Å². The molecule has 2 aliphatic rings. The minimum absolute atomic E-state index is 0.00902. The highest BCUT2D eigenvalue weighted by Gasteiger charge is 2.43. The normalized spacial score (nSPS) is 17.5. The van der Waals surface area contributed by atoms with E-state index in [1.165, 1.54) is 16.9 Å². The topological polar surface area (TPSA) is 77.0 Å². The largest absolute Gasteiger partial charge is 0.356 e. The molecule has 0 spiro atoms. The number of carbonyl (C=O) groups is 2. The fraction of sp³-hybridized carbons (Fsp3) is 0.409. The van der Waals surface area contributed by atoms with Crippen LogP contribution in [0.3, 0.4) is 0 Å². The highest BCUT2D eigenvalue weighted by Crippen LogP contribution is 2.37. The molecule has 158 valence electrons. The van der Waals surface area contributed by atoms with E-state index in [-0.39, 0.29) is 18.1 Å². The molecule has 0 fully saturated rings. The average Bonchev–Trinajstić information content (AvgIpc) is 3.37. The van der Waals surface area contributed by atoms with Gasteiger partial charge in [-0.05, 0) is 29.3 Å². The van der Waals surface area contributed by atoms with Crippen LogP contribution in [-0.4, -0.2) is 41.9 Å². The maximum Gasteiger partial charge on any atom is 0.269 e. The third kappa shape index (κ3) is 4.18. The molecule has 1 atom stereocenters. The maximum absolute atomic E-state index is 12.9. The van der Waals surface area contributed by atoms with E-state index in [9.17, 15) is 9.59 Å². The zero-order chi connectivity index (χ0) is 21.1. The fourth-order valence-electron chi connectivity index (χ4n) is 3.82. The molecule has 1 aromatic heterocycles.